The van der Waals surface area contributed by atoms with E-state index < -0.39 is 12.1 Å². The quantitative estimate of drug-likeness (QED) is 0.597. The van der Waals surface area contributed by atoms with Crippen LogP contribution in [0.4, 0.5) is 0 Å². The third-order valence-electron chi connectivity index (χ3n) is 1.09. The van der Waals surface area contributed by atoms with Gasteiger partial charge in [0.25, 0.3) is 0 Å². The van der Waals surface area contributed by atoms with Gasteiger partial charge in [0.1, 0.15) is 11.9 Å². The molecule has 2 N–H and O–H groups in total. The molecule has 98 valence electrons. The molecule has 0 aliphatic rings. The molecule has 0 fully saturated rings. The van der Waals surface area contributed by atoms with Gasteiger partial charge in [0, 0.05) is 5.88 Å². The maximum absolute atomic E-state index is 9.45. The van der Waals surface area contributed by atoms with E-state index in [0.29, 0.717) is 0 Å². The van der Waals surface area contributed by atoms with Crippen LogP contribution >= 0.6 is 11.6 Å². The Morgan fingerprint density at radius 2 is 1.56 bits per heavy atom. The molecular formula is C11H23ClO4. The van der Waals surface area contributed by atoms with Crippen LogP contribution in [-0.2, 0) is 9.59 Å². The van der Waals surface area contributed by atoms with E-state index in [1.807, 2.05) is 0 Å². The lowest BCUT2D eigenvalue weighted by atomic mass is 10.3. The minimum atomic E-state index is -1.23. The molecule has 1 atom stereocenters. The largest absolute Gasteiger partial charge is 0.479 e. The van der Waals surface area contributed by atoms with E-state index in [9.17, 15) is 9.59 Å². The summed E-state index contributed by atoms with van der Waals surface area (Å²) in [6.45, 7) is 6.43. The number of carboxylic acid groups (broad SMARTS) is 1. The molecule has 0 amide bonds. The zero-order valence-electron chi connectivity index (χ0n) is 10.5. The number of aliphatic carboxylic acids is 1. The molecule has 16 heavy (non-hydrogen) atoms. The highest BCUT2D eigenvalue weighted by Gasteiger charge is 2.01. The van der Waals surface area contributed by atoms with Crippen molar-refractivity contribution >= 4 is 23.4 Å². The first kappa shape index (κ1) is 20.8. The number of unbranched alkanes of at least 4 members (excludes halogenated alkanes) is 2. The molecule has 1 unspecified atom stereocenters. The summed E-state index contributed by atoms with van der Waals surface area (Å²) in [5.41, 5.74) is 0. The molecule has 0 rings (SSSR count). The zero-order valence-corrected chi connectivity index (χ0v) is 11.3. The third kappa shape index (κ3) is 50.3. The first-order chi connectivity index (χ1) is 7.29. The van der Waals surface area contributed by atoms with E-state index in [-0.39, 0.29) is 5.78 Å². The number of ketones is 1. The zero-order chi connectivity index (χ0) is 13.6. The van der Waals surface area contributed by atoms with Crippen molar-refractivity contribution in [1.29, 1.82) is 0 Å². The van der Waals surface area contributed by atoms with E-state index in [0.717, 1.165) is 5.88 Å². The molecule has 0 aromatic carbocycles. The van der Waals surface area contributed by atoms with Crippen molar-refractivity contribution in [1.82, 2.24) is 0 Å². The molecule has 0 aromatic heterocycles. The van der Waals surface area contributed by atoms with Crippen molar-refractivity contribution < 1.29 is 19.8 Å². The Hall–Kier alpha value is -0.610. The van der Waals surface area contributed by atoms with Crippen molar-refractivity contribution in [3.05, 3.63) is 0 Å². The summed E-state index contributed by atoms with van der Waals surface area (Å²) < 4.78 is 0. The molecule has 4 nitrogen and oxygen atoms in total. The van der Waals surface area contributed by atoms with E-state index in [4.69, 9.17) is 21.8 Å². The topological polar surface area (TPSA) is 74.6 Å². The van der Waals surface area contributed by atoms with Gasteiger partial charge in [-0.1, -0.05) is 19.8 Å². The Bertz CT molecular complexity index is 161. The molecule has 0 saturated carbocycles. The molecule has 0 bridgehead atoms. The summed E-state index contributed by atoms with van der Waals surface area (Å²) in [6, 6.07) is 0. The average Bonchev–Trinajstić information content (AvgIpc) is 2.14. The Balaban J connectivity index is -0.000000162. The van der Waals surface area contributed by atoms with Gasteiger partial charge in [-0.25, -0.2) is 4.79 Å². The molecule has 0 aliphatic carbocycles. The highest BCUT2D eigenvalue weighted by atomic mass is 35.5. The number of rotatable bonds is 4. The maximum atomic E-state index is 9.45. The molecule has 0 saturated heterocycles. The van der Waals surface area contributed by atoms with Gasteiger partial charge >= 0.3 is 5.97 Å². The van der Waals surface area contributed by atoms with Crippen molar-refractivity contribution in [2.75, 3.05) is 5.88 Å². The second-order valence-electron chi connectivity index (χ2n) is 3.32. The van der Waals surface area contributed by atoms with Crippen molar-refractivity contribution in [2.45, 2.75) is 53.1 Å². The molecule has 0 heterocycles. The number of carbonyl (C=O) groups excluding carboxylic acids is 1. The second-order valence-corrected chi connectivity index (χ2v) is 3.70. The fourth-order valence-corrected chi connectivity index (χ4v) is 0.533. The lowest BCUT2D eigenvalue weighted by Gasteiger charge is -1.89. The highest BCUT2D eigenvalue weighted by molar-refractivity contribution is 6.17. The predicted molar refractivity (Wildman–Crippen MR) is 65.9 cm³/mol. The number of aliphatic hydroxyl groups is 1. The molecule has 0 radical (unpaired) electrons. The smallest absolute Gasteiger partial charge is 0.332 e. The third-order valence-corrected chi connectivity index (χ3v) is 1.36. The number of halogens is 1. The number of Topliss-reactive ketones (excluding diaryl/α,β-unsaturated/α-hetero) is 1. The van der Waals surface area contributed by atoms with Gasteiger partial charge in [0.2, 0.25) is 0 Å². The van der Waals surface area contributed by atoms with Crippen LogP contribution in [0.15, 0.2) is 0 Å². The Morgan fingerprint density at radius 3 is 1.62 bits per heavy atom. The fraction of sp³-hybridized carbons (Fsp3) is 0.818. The van der Waals surface area contributed by atoms with Gasteiger partial charge in [-0.05, 0) is 27.2 Å². The maximum Gasteiger partial charge on any atom is 0.332 e. The minimum absolute atomic E-state index is 0.167. The number of hydrogen-bond acceptors (Lipinski definition) is 3. The minimum Gasteiger partial charge on any atom is -0.479 e. The van der Waals surface area contributed by atoms with Crippen LogP contribution in [0.2, 0.25) is 0 Å². The average molecular weight is 255 g/mol. The number of hydrogen-bond donors (Lipinski definition) is 2. The van der Waals surface area contributed by atoms with Crippen molar-refractivity contribution in [3.63, 3.8) is 0 Å². The van der Waals surface area contributed by atoms with Crippen molar-refractivity contribution in [2.24, 2.45) is 0 Å². The summed E-state index contributed by atoms with van der Waals surface area (Å²) in [5.74, 6) is -0.191. The molecular weight excluding hydrogens is 232 g/mol. The van der Waals surface area contributed by atoms with E-state index in [2.05, 4.69) is 6.92 Å². The summed E-state index contributed by atoms with van der Waals surface area (Å²) in [6.07, 6.45) is 2.50. The number of aliphatic hydroxyl groups excluding tert-OH is 1. The summed E-state index contributed by atoms with van der Waals surface area (Å²) >= 11 is 5.38. The van der Waals surface area contributed by atoms with Crippen LogP contribution in [-0.4, -0.2) is 33.9 Å². The second kappa shape index (κ2) is 16.8. The number of carbonyl (C=O) groups is 2. The monoisotopic (exact) mass is 254 g/mol. The van der Waals surface area contributed by atoms with Gasteiger partial charge in [-0.3, -0.25) is 0 Å². The summed E-state index contributed by atoms with van der Waals surface area (Å²) in [5, 5.41) is 15.8. The number of carboxylic acids is 1. The predicted octanol–water partition coefficient (Wildman–Crippen LogP) is 2.46. The Morgan fingerprint density at radius 1 is 1.25 bits per heavy atom. The first-order valence-electron chi connectivity index (χ1n) is 5.23. The van der Waals surface area contributed by atoms with Crippen LogP contribution in [0, 0.1) is 0 Å². The summed E-state index contributed by atoms with van der Waals surface area (Å²) in [7, 11) is 0. The number of alkyl halides is 1. The normalized spacial score (nSPS) is 10.1. The first-order valence-corrected chi connectivity index (χ1v) is 5.76. The van der Waals surface area contributed by atoms with E-state index in [1.54, 1.807) is 0 Å². The molecule has 5 heteroatoms. The Labute approximate surface area is 103 Å². The van der Waals surface area contributed by atoms with Gasteiger partial charge in [0.15, 0.2) is 0 Å². The lowest BCUT2D eigenvalue weighted by Crippen LogP contribution is -2.13. The van der Waals surface area contributed by atoms with Crippen LogP contribution in [0.1, 0.15) is 47.0 Å². The fourth-order valence-electron chi connectivity index (χ4n) is 0.344. The summed E-state index contributed by atoms with van der Waals surface area (Å²) in [4.78, 5) is 18.9. The van der Waals surface area contributed by atoms with Gasteiger partial charge in [-0.2, -0.15) is 0 Å². The van der Waals surface area contributed by atoms with E-state index >= 15 is 0 Å². The van der Waals surface area contributed by atoms with Crippen molar-refractivity contribution in [3.8, 4) is 0 Å². The van der Waals surface area contributed by atoms with Crippen LogP contribution in [0.25, 0.3) is 0 Å². The molecule has 0 spiro atoms. The van der Waals surface area contributed by atoms with Crippen LogP contribution in [0.5, 0.6) is 0 Å². The highest BCUT2D eigenvalue weighted by Crippen LogP contribution is 1.93. The Kier molecular flexibility index (Phi) is 21.8. The SMILES string of the molecule is CC(C)=O.CC(O)C(=O)O.CCCCCCl. The standard InChI is InChI=1S/C5H11Cl.C3H6O3.C3H6O/c1-2-3-4-5-6;1-2(4)3(5)6;1-3(2)4/h2-5H2,1H3;2,4H,1H3,(H,5,6);1-2H3. The van der Waals surface area contributed by atoms with E-state index in [1.165, 1.54) is 40.0 Å². The van der Waals surface area contributed by atoms with Gasteiger partial charge in [-0.15, -0.1) is 11.6 Å². The van der Waals surface area contributed by atoms with Crippen LogP contribution < -0.4 is 0 Å². The lowest BCUT2D eigenvalue weighted by molar-refractivity contribution is -0.145. The van der Waals surface area contributed by atoms with Gasteiger partial charge < -0.3 is 15.0 Å². The molecule has 0 aliphatic heterocycles. The molecule has 0 aromatic rings. The van der Waals surface area contributed by atoms with Gasteiger partial charge in [0.05, 0.1) is 0 Å². The van der Waals surface area contributed by atoms with Crippen LogP contribution in [0.3, 0.4) is 0 Å².